The highest BCUT2D eigenvalue weighted by Crippen LogP contribution is 2.46. The topological polar surface area (TPSA) is 217 Å². The van der Waals surface area contributed by atoms with Crippen LogP contribution in [0.4, 0.5) is 17.1 Å². The van der Waals surface area contributed by atoms with Gasteiger partial charge in [0, 0.05) is 35.9 Å². The van der Waals surface area contributed by atoms with Gasteiger partial charge in [0.1, 0.15) is 79.7 Å². The smallest absolute Gasteiger partial charge is 0.323 e. The molecule has 0 fully saturated rings. The molecule has 3 N–H and O–H groups in total. The maximum atomic E-state index is 12.5. The molecule has 0 unspecified atom stereocenters. The van der Waals surface area contributed by atoms with E-state index in [0.29, 0.717) is 35.1 Å². The highest BCUT2D eigenvalue weighted by Gasteiger charge is 2.29. The van der Waals surface area contributed by atoms with Crippen LogP contribution in [0.5, 0.6) is 34.5 Å². The van der Waals surface area contributed by atoms with E-state index in [-0.39, 0.29) is 49.1 Å². The van der Waals surface area contributed by atoms with Crippen molar-refractivity contribution in [2.75, 3.05) is 63.9 Å². The normalized spacial score (nSPS) is 12.6. The number of nitrogens with zero attached hydrogens (tertiary/aromatic N) is 3. The lowest BCUT2D eigenvalue weighted by Crippen LogP contribution is -2.35. The fourth-order valence-corrected chi connectivity index (χ4v) is 6.94. The van der Waals surface area contributed by atoms with Crippen LogP contribution in [0, 0.1) is 17.0 Å². The Morgan fingerprint density at radius 2 is 1.39 bits per heavy atom. The molecule has 1 aliphatic heterocycles. The van der Waals surface area contributed by atoms with Gasteiger partial charge in [-0.15, -0.1) is 0 Å². The molecule has 0 saturated heterocycles. The van der Waals surface area contributed by atoms with Crippen molar-refractivity contribution in [2.24, 2.45) is 0 Å². The van der Waals surface area contributed by atoms with Crippen molar-refractivity contribution < 1.29 is 63.0 Å². The van der Waals surface area contributed by atoms with Crippen LogP contribution in [0.3, 0.4) is 0 Å². The van der Waals surface area contributed by atoms with Gasteiger partial charge in [-0.05, 0) is 73.0 Å². The molecular formula is C44H43N3O14. The lowest BCUT2D eigenvalue weighted by molar-refractivity contribution is -0.385. The van der Waals surface area contributed by atoms with Gasteiger partial charge in [0.25, 0.3) is 5.69 Å². The minimum absolute atomic E-state index is 0.00219. The van der Waals surface area contributed by atoms with E-state index in [9.17, 15) is 39.8 Å². The fourth-order valence-electron chi connectivity index (χ4n) is 6.94. The molecule has 17 heteroatoms. The van der Waals surface area contributed by atoms with Crippen LogP contribution in [0.15, 0.2) is 96.3 Å². The number of aliphatic carboxylic acids is 3. The Bertz CT molecular complexity index is 2440. The van der Waals surface area contributed by atoms with Gasteiger partial charge in [0.2, 0.25) is 0 Å². The Balaban J connectivity index is 1.29. The van der Waals surface area contributed by atoms with Crippen LogP contribution in [-0.2, 0) is 21.0 Å². The summed E-state index contributed by atoms with van der Waals surface area (Å²) in [5.74, 6) is -1.08. The molecule has 2 aliphatic rings. The molecule has 0 bridgehead atoms. The number of methoxy groups -OCH3 is 2. The molecule has 0 aromatic heterocycles. The molecular weight excluding hydrogens is 794 g/mol. The number of rotatable bonds is 20. The predicted molar refractivity (Wildman–Crippen MR) is 222 cm³/mol. The van der Waals surface area contributed by atoms with Gasteiger partial charge in [-0.1, -0.05) is 18.2 Å². The Labute approximate surface area is 350 Å². The standard InChI is InChI=1S/C44H43N3O14/c1-26-17-28(56-3)9-12-31(26)44-32-7-5-6-8-37(32)61-38-20-30(10-13-33(38)44)60-25-27-18-36(46(23-42(50)51)24-43(52)53)40(21-35(27)47(54)55)59-16-15-58-39-19-29(57-4)11-14-34(39)45(2)22-41(48)49/h5,7-14,17-21H,6,15-16,22-25H2,1-4H3,(H,48,49)(H,50,51)(H,52,53). The molecule has 4 aromatic rings. The monoisotopic (exact) mass is 837 g/mol. The lowest BCUT2D eigenvalue weighted by Gasteiger charge is -2.28. The molecule has 0 radical (unpaired) electrons. The van der Waals surface area contributed by atoms with E-state index < -0.39 is 41.6 Å². The summed E-state index contributed by atoms with van der Waals surface area (Å²) in [7, 11) is 4.62. The van der Waals surface area contributed by atoms with Crippen LogP contribution >= 0.6 is 0 Å². The van der Waals surface area contributed by atoms with Crippen LogP contribution in [0.25, 0.3) is 5.57 Å². The zero-order valence-corrected chi connectivity index (χ0v) is 33.7. The molecule has 0 amide bonds. The Morgan fingerprint density at radius 3 is 2.03 bits per heavy atom. The summed E-state index contributed by atoms with van der Waals surface area (Å²) >= 11 is 0. The zero-order chi connectivity index (χ0) is 43.8. The molecule has 1 heterocycles. The van der Waals surface area contributed by atoms with Crippen molar-refractivity contribution in [3.05, 3.63) is 129 Å². The van der Waals surface area contributed by atoms with Gasteiger partial charge in [-0.25, -0.2) is 0 Å². The third kappa shape index (κ3) is 10.1. The number of carbonyl (C=O) groups is 3. The Hall–Kier alpha value is -7.69. The van der Waals surface area contributed by atoms with Gasteiger partial charge >= 0.3 is 17.9 Å². The van der Waals surface area contributed by atoms with Crippen molar-refractivity contribution >= 4 is 40.5 Å². The van der Waals surface area contributed by atoms with E-state index in [4.69, 9.17) is 28.4 Å². The van der Waals surface area contributed by atoms with E-state index in [2.05, 4.69) is 0 Å². The Kier molecular flexibility index (Phi) is 13.3. The largest absolute Gasteiger partial charge is 0.497 e. The third-order valence-corrected chi connectivity index (χ3v) is 9.70. The van der Waals surface area contributed by atoms with E-state index in [1.807, 2.05) is 49.4 Å². The number of allylic oxidation sites excluding steroid dienone is 3. The third-order valence-electron chi connectivity index (χ3n) is 9.70. The number of hydrogen-bond acceptors (Lipinski definition) is 13. The molecule has 0 saturated carbocycles. The first-order valence-electron chi connectivity index (χ1n) is 18.8. The highest BCUT2D eigenvalue weighted by molar-refractivity contribution is 5.92. The zero-order valence-electron chi connectivity index (χ0n) is 33.7. The van der Waals surface area contributed by atoms with Gasteiger partial charge in [-0.3, -0.25) is 24.5 Å². The number of carboxylic acids is 3. The summed E-state index contributed by atoms with van der Waals surface area (Å²) in [5.41, 5.74) is 4.57. The van der Waals surface area contributed by atoms with Crippen molar-refractivity contribution in [1.29, 1.82) is 0 Å². The number of likely N-dealkylation sites (N-methyl/N-ethyl adjacent to an activating group) is 1. The molecule has 0 atom stereocenters. The van der Waals surface area contributed by atoms with Gasteiger partial charge in [0.15, 0.2) is 0 Å². The number of nitro benzene ring substituents is 1. The number of anilines is 2. The summed E-state index contributed by atoms with van der Waals surface area (Å²) < 4.78 is 35.0. The maximum Gasteiger partial charge on any atom is 0.323 e. The first-order chi connectivity index (χ1) is 29.3. The van der Waals surface area contributed by atoms with Crippen LogP contribution in [-0.4, -0.2) is 92.3 Å². The molecule has 6 rings (SSSR count). The van der Waals surface area contributed by atoms with Crippen LogP contribution in [0.1, 0.15) is 28.7 Å². The summed E-state index contributed by atoms with van der Waals surface area (Å²) in [5, 5.41) is 41.2. The Morgan fingerprint density at radius 1 is 0.770 bits per heavy atom. The predicted octanol–water partition coefficient (Wildman–Crippen LogP) is 6.49. The number of benzene rings is 4. The number of ether oxygens (including phenoxy) is 6. The lowest BCUT2D eigenvalue weighted by atomic mass is 9.86. The maximum absolute atomic E-state index is 12.5. The van der Waals surface area contributed by atoms with Crippen molar-refractivity contribution in [3.8, 4) is 34.5 Å². The van der Waals surface area contributed by atoms with Crippen molar-refractivity contribution in [1.82, 2.24) is 0 Å². The van der Waals surface area contributed by atoms with Gasteiger partial charge < -0.3 is 53.5 Å². The molecule has 17 nitrogen and oxygen atoms in total. The molecule has 0 spiro atoms. The molecule has 1 aliphatic carbocycles. The van der Waals surface area contributed by atoms with Gasteiger partial charge in [-0.2, -0.15) is 0 Å². The SMILES string of the molecule is COc1ccc(C2=C3C=CCC=C3Oc3cc(OCc4cc(N(CC(=O)O)CC(=O)O)c(OCCOc5cc(OC)ccc5N(C)CC(=O)O)cc4[N+](=O)[O-])ccc32)c(C)c1. The van der Waals surface area contributed by atoms with E-state index in [0.717, 1.165) is 44.6 Å². The number of aryl methyl sites for hydroxylation is 1. The second kappa shape index (κ2) is 18.9. The number of nitro groups is 1. The number of carboxylic acid groups (broad SMARTS) is 3. The summed E-state index contributed by atoms with van der Waals surface area (Å²) in [6.07, 6.45) is 6.72. The van der Waals surface area contributed by atoms with Crippen LogP contribution < -0.4 is 38.2 Å². The second-order valence-corrected chi connectivity index (χ2v) is 13.9. The summed E-state index contributed by atoms with van der Waals surface area (Å²) in [6.45, 7) is -0.678. The highest BCUT2D eigenvalue weighted by atomic mass is 16.6. The quantitative estimate of drug-likeness (QED) is 0.0492. The first-order valence-corrected chi connectivity index (χ1v) is 18.8. The number of hydrogen-bond donors (Lipinski definition) is 3. The summed E-state index contributed by atoms with van der Waals surface area (Å²) in [4.78, 5) is 49.5. The number of fused-ring (bicyclic) bond motifs is 2. The van der Waals surface area contributed by atoms with E-state index in [1.54, 1.807) is 44.5 Å². The summed E-state index contributed by atoms with van der Waals surface area (Å²) in [6, 6.07) is 18.2. The second-order valence-electron chi connectivity index (χ2n) is 13.9. The average Bonchev–Trinajstić information content (AvgIpc) is 3.22. The minimum atomic E-state index is -1.36. The average molecular weight is 838 g/mol. The molecule has 318 valence electrons. The van der Waals surface area contributed by atoms with Crippen molar-refractivity contribution in [3.63, 3.8) is 0 Å². The minimum Gasteiger partial charge on any atom is -0.497 e. The van der Waals surface area contributed by atoms with Crippen molar-refractivity contribution in [2.45, 2.75) is 20.0 Å². The van der Waals surface area contributed by atoms with Crippen LogP contribution in [0.2, 0.25) is 0 Å². The molecule has 61 heavy (non-hydrogen) atoms. The van der Waals surface area contributed by atoms with E-state index >= 15 is 0 Å². The van der Waals surface area contributed by atoms with Gasteiger partial charge in [0.05, 0.1) is 42.1 Å². The fraction of sp³-hybridized carbons (Fsp3) is 0.250. The molecule has 4 aromatic carbocycles. The van der Waals surface area contributed by atoms with E-state index in [1.165, 1.54) is 18.1 Å². The first kappa shape index (κ1) is 42.9.